The Bertz CT molecular complexity index is 761. The maximum Gasteiger partial charge on any atom is 0.242 e. The van der Waals surface area contributed by atoms with Gasteiger partial charge in [-0.2, -0.15) is 0 Å². The van der Waals surface area contributed by atoms with Crippen molar-refractivity contribution in [1.29, 1.82) is 0 Å². The molecule has 21 heavy (non-hydrogen) atoms. The van der Waals surface area contributed by atoms with Crippen LogP contribution in [0.25, 0.3) is 0 Å². The summed E-state index contributed by atoms with van der Waals surface area (Å²) in [6, 6.07) is 1.90. The maximum atomic E-state index is 13.3. The molecule has 0 aromatic heterocycles. The Labute approximate surface area is 132 Å². The molecule has 1 aromatic carbocycles. The summed E-state index contributed by atoms with van der Waals surface area (Å²) < 4.78 is 61.5. The van der Waals surface area contributed by atoms with E-state index in [1.807, 2.05) is 0 Å². The summed E-state index contributed by atoms with van der Waals surface area (Å²) in [6.07, 6.45) is 1.02. The molecule has 0 radical (unpaired) electrons. The zero-order valence-corrected chi connectivity index (χ0v) is 14.9. The van der Waals surface area contributed by atoms with E-state index in [1.165, 1.54) is 13.8 Å². The van der Waals surface area contributed by atoms with Crippen molar-refractivity contribution in [2.24, 2.45) is 0 Å². The number of benzene rings is 1. The molecule has 0 spiro atoms. The predicted octanol–water partition coefficient (Wildman–Crippen LogP) is 1.27. The maximum absolute atomic E-state index is 13.3. The van der Waals surface area contributed by atoms with Gasteiger partial charge in [0.15, 0.2) is 9.84 Å². The summed E-state index contributed by atoms with van der Waals surface area (Å²) in [7, 11) is -7.52. The van der Waals surface area contributed by atoms with Gasteiger partial charge in [0.2, 0.25) is 10.0 Å². The Morgan fingerprint density at radius 2 is 1.81 bits per heavy atom. The lowest BCUT2D eigenvalue weighted by Crippen LogP contribution is -2.43. The number of sulfone groups is 1. The molecule has 1 rings (SSSR count). The van der Waals surface area contributed by atoms with E-state index in [0.29, 0.717) is 0 Å². The molecule has 120 valence electrons. The number of halogens is 2. The van der Waals surface area contributed by atoms with Crippen LogP contribution in [0.5, 0.6) is 0 Å². The molecule has 3 N–H and O–H groups in total. The molecule has 0 fully saturated rings. The summed E-state index contributed by atoms with van der Waals surface area (Å²) in [6.45, 7) is 2.46. The standard InChI is InChI=1S/C11H16BrFN2O4S2/c1-11(2,20(3,16)17)6-15-21(18,19)10-4-7(12)8(13)5-9(10)14/h4-5,15H,6,14H2,1-3H3. The first-order chi connectivity index (χ1) is 9.28. The number of hydrogen-bond donors (Lipinski definition) is 2. The predicted molar refractivity (Wildman–Crippen MR) is 82.6 cm³/mol. The quantitative estimate of drug-likeness (QED) is 0.721. The van der Waals surface area contributed by atoms with Crippen LogP contribution in [-0.4, -0.2) is 34.4 Å². The second-order valence-corrected chi connectivity index (χ2v) is 10.4. The molecule has 6 nitrogen and oxygen atoms in total. The SMILES string of the molecule is CC(C)(CNS(=O)(=O)c1cc(Br)c(F)cc1N)S(C)(=O)=O. The Balaban J connectivity index is 3.12. The van der Waals surface area contributed by atoms with Crippen LogP contribution in [0.15, 0.2) is 21.5 Å². The second-order valence-electron chi connectivity index (χ2n) is 5.16. The van der Waals surface area contributed by atoms with Gasteiger partial charge in [0.1, 0.15) is 10.7 Å². The summed E-state index contributed by atoms with van der Waals surface area (Å²) >= 11 is 2.88. The molecule has 1 aromatic rings. The van der Waals surface area contributed by atoms with Crippen molar-refractivity contribution in [3.05, 3.63) is 22.4 Å². The van der Waals surface area contributed by atoms with Gasteiger partial charge in [-0.25, -0.2) is 25.9 Å². The lowest BCUT2D eigenvalue weighted by atomic mass is 10.2. The lowest BCUT2D eigenvalue weighted by Gasteiger charge is -2.23. The molecule has 0 aliphatic rings. The first kappa shape index (κ1) is 18.3. The molecule has 10 heteroatoms. The number of nitrogen functional groups attached to an aromatic ring is 1. The normalized spacial score (nSPS) is 13.4. The highest BCUT2D eigenvalue weighted by Crippen LogP contribution is 2.26. The highest BCUT2D eigenvalue weighted by atomic mass is 79.9. The van der Waals surface area contributed by atoms with Crippen LogP contribution in [0, 0.1) is 5.82 Å². The molecular weight excluding hydrogens is 387 g/mol. The van der Waals surface area contributed by atoms with Crippen molar-refractivity contribution in [3.63, 3.8) is 0 Å². The van der Waals surface area contributed by atoms with E-state index in [9.17, 15) is 21.2 Å². The Kier molecular flexibility index (Phi) is 5.09. The van der Waals surface area contributed by atoms with Gasteiger partial charge >= 0.3 is 0 Å². The third-order valence-corrected chi connectivity index (χ3v) is 7.25. The number of nitrogens with one attached hydrogen (secondary N) is 1. The van der Waals surface area contributed by atoms with Crippen LogP contribution in [0.2, 0.25) is 0 Å². The molecule has 0 aliphatic carbocycles. The zero-order chi connectivity index (χ0) is 16.6. The third-order valence-electron chi connectivity index (χ3n) is 3.03. The molecule has 0 aliphatic heterocycles. The van der Waals surface area contributed by atoms with Crippen LogP contribution in [-0.2, 0) is 19.9 Å². The smallest absolute Gasteiger partial charge is 0.242 e. The molecule has 0 bridgehead atoms. The van der Waals surface area contributed by atoms with E-state index >= 15 is 0 Å². The summed E-state index contributed by atoms with van der Waals surface area (Å²) in [5, 5.41) is 0. The van der Waals surface area contributed by atoms with E-state index in [-0.39, 0.29) is 21.6 Å². The van der Waals surface area contributed by atoms with Gasteiger partial charge in [0, 0.05) is 12.8 Å². The first-order valence-corrected chi connectivity index (χ1v) is 9.88. The molecule has 0 heterocycles. The van der Waals surface area contributed by atoms with Crippen molar-refractivity contribution in [1.82, 2.24) is 4.72 Å². The number of rotatable bonds is 5. The van der Waals surface area contributed by atoms with Crippen molar-refractivity contribution >= 4 is 41.5 Å². The molecule has 0 atom stereocenters. The second kappa shape index (κ2) is 5.82. The summed E-state index contributed by atoms with van der Waals surface area (Å²) in [5.74, 6) is -0.692. The fourth-order valence-electron chi connectivity index (χ4n) is 1.25. The van der Waals surface area contributed by atoms with Gasteiger partial charge in [-0.3, -0.25) is 0 Å². The third kappa shape index (κ3) is 4.15. The van der Waals surface area contributed by atoms with Crippen LogP contribution < -0.4 is 10.5 Å². The zero-order valence-electron chi connectivity index (χ0n) is 11.6. The van der Waals surface area contributed by atoms with Gasteiger partial charge in [0.25, 0.3) is 0 Å². The number of sulfonamides is 1. The monoisotopic (exact) mass is 402 g/mol. The molecule has 0 saturated heterocycles. The van der Waals surface area contributed by atoms with Crippen molar-refractivity contribution < 1.29 is 21.2 Å². The van der Waals surface area contributed by atoms with Gasteiger partial charge in [0.05, 0.1) is 14.9 Å². The topological polar surface area (TPSA) is 106 Å². The fourth-order valence-corrected chi connectivity index (χ4v) is 3.52. The van der Waals surface area contributed by atoms with Gasteiger partial charge in [-0.05, 0) is 41.9 Å². The largest absolute Gasteiger partial charge is 0.398 e. The van der Waals surface area contributed by atoms with Gasteiger partial charge < -0.3 is 5.73 Å². The van der Waals surface area contributed by atoms with E-state index in [1.54, 1.807) is 0 Å². The van der Waals surface area contributed by atoms with Crippen LogP contribution in [0.3, 0.4) is 0 Å². The minimum Gasteiger partial charge on any atom is -0.398 e. The Morgan fingerprint density at radius 1 is 1.29 bits per heavy atom. The van der Waals surface area contributed by atoms with Crippen molar-refractivity contribution in [3.8, 4) is 0 Å². The summed E-state index contributed by atoms with van der Waals surface area (Å²) in [5.41, 5.74) is 5.24. The highest BCUT2D eigenvalue weighted by Gasteiger charge is 2.32. The Morgan fingerprint density at radius 3 is 2.29 bits per heavy atom. The molecular formula is C11H16BrFN2O4S2. The summed E-state index contributed by atoms with van der Waals surface area (Å²) in [4.78, 5) is -0.319. The average Bonchev–Trinajstić information content (AvgIpc) is 2.30. The number of hydrogen-bond acceptors (Lipinski definition) is 5. The van der Waals surface area contributed by atoms with E-state index in [0.717, 1.165) is 18.4 Å². The van der Waals surface area contributed by atoms with Crippen LogP contribution >= 0.6 is 15.9 Å². The minimum absolute atomic E-state index is 0.0561. The van der Waals surface area contributed by atoms with E-state index in [2.05, 4.69) is 20.7 Å². The van der Waals surface area contributed by atoms with Crippen LogP contribution in [0.4, 0.5) is 10.1 Å². The number of anilines is 1. The molecule has 0 saturated carbocycles. The Hall–Kier alpha value is -0.710. The van der Waals surface area contributed by atoms with E-state index < -0.39 is 30.4 Å². The first-order valence-electron chi connectivity index (χ1n) is 5.72. The van der Waals surface area contributed by atoms with Crippen LogP contribution in [0.1, 0.15) is 13.8 Å². The molecule has 0 amide bonds. The van der Waals surface area contributed by atoms with Crippen molar-refractivity contribution in [2.75, 3.05) is 18.5 Å². The lowest BCUT2D eigenvalue weighted by molar-refractivity contribution is 0.537. The minimum atomic E-state index is -4.06. The molecule has 0 unspecified atom stereocenters. The highest BCUT2D eigenvalue weighted by molar-refractivity contribution is 9.10. The average molecular weight is 403 g/mol. The van der Waals surface area contributed by atoms with Crippen molar-refractivity contribution in [2.45, 2.75) is 23.5 Å². The van der Waals surface area contributed by atoms with E-state index in [4.69, 9.17) is 5.73 Å². The van der Waals surface area contributed by atoms with Gasteiger partial charge in [-0.1, -0.05) is 0 Å². The fraction of sp³-hybridized carbons (Fsp3) is 0.455. The van der Waals surface area contributed by atoms with Gasteiger partial charge in [-0.15, -0.1) is 0 Å². The number of nitrogens with two attached hydrogens (primary N) is 1.